The third-order valence-corrected chi connectivity index (χ3v) is 5.97. The minimum Gasteiger partial charge on any atom is -0.439 e. The number of amides is 1. The van der Waals surface area contributed by atoms with E-state index in [-0.39, 0.29) is 17.6 Å². The van der Waals surface area contributed by atoms with Gasteiger partial charge in [-0.3, -0.25) is 4.79 Å². The number of aryl methyl sites for hydroxylation is 1. The van der Waals surface area contributed by atoms with Gasteiger partial charge in [0.2, 0.25) is 5.88 Å². The van der Waals surface area contributed by atoms with Gasteiger partial charge in [-0.2, -0.15) is 5.10 Å². The molecule has 33 heavy (non-hydrogen) atoms. The number of hydrogen-bond donors (Lipinski definition) is 0. The predicted molar refractivity (Wildman–Crippen MR) is 129 cm³/mol. The number of rotatable bonds is 8. The molecule has 4 aromatic rings. The van der Waals surface area contributed by atoms with E-state index in [1.165, 1.54) is 23.5 Å². The molecule has 0 bridgehead atoms. The summed E-state index contributed by atoms with van der Waals surface area (Å²) < 4.78 is 21.3. The number of ether oxygens (including phenoxy) is 1. The summed E-state index contributed by atoms with van der Waals surface area (Å²) in [5, 5.41) is 6.64. The van der Waals surface area contributed by atoms with Crippen LogP contribution in [0, 0.1) is 11.7 Å². The first-order chi connectivity index (χ1) is 15.9. The number of carbonyl (C=O) groups is 1. The molecule has 7 heteroatoms. The van der Waals surface area contributed by atoms with E-state index in [2.05, 4.69) is 13.8 Å². The lowest BCUT2D eigenvalue weighted by atomic mass is 10.1. The summed E-state index contributed by atoms with van der Waals surface area (Å²) in [6.45, 7) is 5.11. The zero-order valence-electron chi connectivity index (χ0n) is 18.9. The third kappa shape index (κ3) is 5.31. The summed E-state index contributed by atoms with van der Waals surface area (Å²) in [5.74, 6) is 0.956. The summed E-state index contributed by atoms with van der Waals surface area (Å²) in [4.78, 5) is 15.9. The molecule has 0 aliphatic rings. The fraction of sp³-hybridized carbons (Fsp3) is 0.231. The lowest BCUT2D eigenvalue weighted by Crippen LogP contribution is -2.33. The van der Waals surface area contributed by atoms with Crippen molar-refractivity contribution in [3.8, 4) is 22.9 Å². The van der Waals surface area contributed by atoms with Crippen molar-refractivity contribution in [1.82, 2.24) is 14.7 Å². The van der Waals surface area contributed by atoms with E-state index in [0.717, 1.165) is 16.8 Å². The SMILES string of the molecule is CC(C)CN(Cc1c(-c2ccccc2)nn(C)c1Oc1ccc(F)cc1)C(=O)c1cccs1. The molecule has 170 valence electrons. The lowest BCUT2D eigenvalue weighted by Gasteiger charge is -2.25. The first-order valence-electron chi connectivity index (χ1n) is 10.8. The van der Waals surface area contributed by atoms with Gasteiger partial charge in [0.15, 0.2) is 0 Å². The zero-order chi connectivity index (χ0) is 23.4. The molecular weight excluding hydrogens is 437 g/mol. The molecule has 0 saturated carbocycles. The molecule has 0 spiro atoms. The Morgan fingerprint density at radius 2 is 1.82 bits per heavy atom. The van der Waals surface area contributed by atoms with Gasteiger partial charge < -0.3 is 9.64 Å². The van der Waals surface area contributed by atoms with Crippen molar-refractivity contribution >= 4 is 17.2 Å². The topological polar surface area (TPSA) is 47.4 Å². The van der Waals surface area contributed by atoms with Crippen LogP contribution in [-0.2, 0) is 13.6 Å². The number of thiophene rings is 1. The predicted octanol–water partition coefficient (Wildman–Crippen LogP) is 6.38. The third-order valence-electron chi connectivity index (χ3n) is 5.12. The van der Waals surface area contributed by atoms with Crippen molar-refractivity contribution in [3.63, 3.8) is 0 Å². The monoisotopic (exact) mass is 463 g/mol. The molecule has 0 unspecified atom stereocenters. The Morgan fingerprint density at radius 3 is 2.45 bits per heavy atom. The fourth-order valence-corrected chi connectivity index (χ4v) is 4.36. The van der Waals surface area contributed by atoms with Crippen molar-refractivity contribution in [3.05, 3.63) is 88.4 Å². The Kier molecular flexibility index (Phi) is 6.89. The molecule has 2 aromatic heterocycles. The van der Waals surface area contributed by atoms with E-state index >= 15 is 0 Å². The molecular formula is C26H26FN3O2S. The first kappa shape index (κ1) is 22.7. The molecule has 0 saturated heterocycles. The van der Waals surface area contributed by atoms with E-state index in [1.54, 1.807) is 16.8 Å². The van der Waals surface area contributed by atoms with E-state index in [0.29, 0.717) is 29.6 Å². The van der Waals surface area contributed by atoms with E-state index in [1.807, 2.05) is 59.8 Å². The van der Waals surface area contributed by atoms with E-state index < -0.39 is 0 Å². The molecule has 2 aromatic carbocycles. The van der Waals surface area contributed by atoms with Crippen molar-refractivity contribution < 1.29 is 13.9 Å². The van der Waals surface area contributed by atoms with Crippen LogP contribution in [0.25, 0.3) is 11.3 Å². The minimum atomic E-state index is -0.331. The zero-order valence-corrected chi connectivity index (χ0v) is 19.7. The van der Waals surface area contributed by atoms with Gasteiger partial charge in [0.1, 0.15) is 17.3 Å². The second kappa shape index (κ2) is 10.0. The van der Waals surface area contributed by atoms with Gasteiger partial charge in [-0.25, -0.2) is 9.07 Å². The molecule has 0 radical (unpaired) electrons. The quantitative estimate of drug-likeness (QED) is 0.305. The molecule has 2 heterocycles. The lowest BCUT2D eigenvalue weighted by molar-refractivity contribution is 0.0727. The second-order valence-corrected chi connectivity index (χ2v) is 9.18. The normalized spacial score (nSPS) is 11.1. The maximum atomic E-state index is 13.4. The number of carbonyl (C=O) groups excluding carboxylic acids is 1. The van der Waals surface area contributed by atoms with Crippen LogP contribution in [0.5, 0.6) is 11.6 Å². The largest absolute Gasteiger partial charge is 0.439 e. The van der Waals surface area contributed by atoms with Crippen LogP contribution in [0.2, 0.25) is 0 Å². The maximum Gasteiger partial charge on any atom is 0.264 e. The first-order valence-corrected chi connectivity index (χ1v) is 11.7. The van der Waals surface area contributed by atoms with Gasteiger partial charge in [0.05, 0.1) is 17.0 Å². The van der Waals surface area contributed by atoms with Crippen LogP contribution < -0.4 is 4.74 Å². The van der Waals surface area contributed by atoms with Gasteiger partial charge >= 0.3 is 0 Å². The molecule has 0 atom stereocenters. The minimum absolute atomic E-state index is 0.0192. The number of aromatic nitrogens is 2. The molecule has 1 amide bonds. The Bertz CT molecular complexity index is 1200. The number of halogens is 1. The highest BCUT2D eigenvalue weighted by Crippen LogP contribution is 2.34. The Hall–Kier alpha value is -3.45. The summed E-state index contributed by atoms with van der Waals surface area (Å²) in [5.41, 5.74) is 2.49. The average molecular weight is 464 g/mol. The summed E-state index contributed by atoms with van der Waals surface area (Å²) in [6, 6.07) is 19.4. The van der Waals surface area contributed by atoms with Gasteiger partial charge in [0.25, 0.3) is 5.91 Å². The average Bonchev–Trinajstić information content (AvgIpc) is 3.44. The van der Waals surface area contributed by atoms with Gasteiger partial charge in [-0.1, -0.05) is 50.2 Å². The molecule has 0 N–H and O–H groups in total. The van der Waals surface area contributed by atoms with Crippen LogP contribution in [0.3, 0.4) is 0 Å². The van der Waals surface area contributed by atoms with E-state index in [9.17, 15) is 9.18 Å². The molecule has 0 aliphatic heterocycles. The molecule has 0 fully saturated rings. The van der Waals surface area contributed by atoms with Crippen LogP contribution in [0.4, 0.5) is 4.39 Å². The fourth-order valence-electron chi connectivity index (χ4n) is 3.67. The summed E-state index contributed by atoms with van der Waals surface area (Å²) in [6.07, 6.45) is 0. The van der Waals surface area contributed by atoms with Crippen LogP contribution in [0.15, 0.2) is 72.1 Å². The summed E-state index contributed by atoms with van der Waals surface area (Å²) in [7, 11) is 1.81. The van der Waals surface area contributed by atoms with Crippen LogP contribution in [-0.4, -0.2) is 27.1 Å². The van der Waals surface area contributed by atoms with Crippen LogP contribution in [0.1, 0.15) is 29.1 Å². The Labute approximate surface area is 197 Å². The molecule has 5 nitrogen and oxygen atoms in total. The van der Waals surface area contributed by atoms with Crippen molar-refractivity contribution in [2.75, 3.05) is 6.54 Å². The maximum absolute atomic E-state index is 13.4. The number of hydrogen-bond acceptors (Lipinski definition) is 4. The second-order valence-electron chi connectivity index (χ2n) is 8.23. The Balaban J connectivity index is 1.77. The molecule has 4 rings (SSSR count). The van der Waals surface area contributed by atoms with Gasteiger partial charge in [0, 0.05) is 19.2 Å². The van der Waals surface area contributed by atoms with Crippen LogP contribution >= 0.6 is 11.3 Å². The summed E-state index contributed by atoms with van der Waals surface area (Å²) >= 11 is 1.43. The van der Waals surface area contributed by atoms with E-state index in [4.69, 9.17) is 9.84 Å². The van der Waals surface area contributed by atoms with Gasteiger partial charge in [-0.15, -0.1) is 11.3 Å². The highest BCUT2D eigenvalue weighted by Gasteiger charge is 2.26. The number of benzene rings is 2. The number of nitrogens with zero attached hydrogens (tertiary/aromatic N) is 3. The van der Waals surface area contributed by atoms with Crippen molar-refractivity contribution in [2.24, 2.45) is 13.0 Å². The highest BCUT2D eigenvalue weighted by atomic mass is 32.1. The molecule has 0 aliphatic carbocycles. The van der Waals surface area contributed by atoms with Crippen molar-refractivity contribution in [2.45, 2.75) is 20.4 Å². The highest BCUT2D eigenvalue weighted by molar-refractivity contribution is 7.12. The van der Waals surface area contributed by atoms with Gasteiger partial charge in [-0.05, 0) is 41.6 Å². The Morgan fingerprint density at radius 1 is 1.09 bits per heavy atom. The smallest absolute Gasteiger partial charge is 0.264 e. The standard InChI is InChI=1S/C26H26FN3O2S/c1-18(2)16-30(25(31)23-10-7-15-33-23)17-22-24(19-8-5-4-6-9-19)28-29(3)26(22)32-21-13-11-20(27)12-14-21/h4-15,18H,16-17H2,1-3H3. The van der Waals surface area contributed by atoms with Crippen molar-refractivity contribution in [1.29, 1.82) is 0 Å².